The van der Waals surface area contributed by atoms with Gasteiger partial charge in [0.05, 0.1) is 11.4 Å². The average Bonchev–Trinajstić information content (AvgIpc) is 2.68. The molecular weight excluding hydrogens is 264 g/mol. The highest BCUT2D eigenvalue weighted by atomic mass is 32.2. The van der Waals surface area contributed by atoms with Gasteiger partial charge in [0.1, 0.15) is 4.90 Å². The number of hydrogen-bond donors (Lipinski definition) is 3. The molecule has 0 amide bonds. The van der Waals surface area contributed by atoms with Crippen molar-refractivity contribution in [3.8, 4) is 0 Å². The molecule has 1 unspecified atom stereocenters. The Labute approximate surface area is 115 Å². The summed E-state index contributed by atoms with van der Waals surface area (Å²) in [6.45, 7) is 8.75. The van der Waals surface area contributed by atoms with E-state index in [0.29, 0.717) is 30.4 Å². The van der Waals surface area contributed by atoms with Crippen molar-refractivity contribution < 1.29 is 8.42 Å². The van der Waals surface area contributed by atoms with Crippen LogP contribution in [0.5, 0.6) is 0 Å². The molecule has 0 radical (unpaired) electrons. The van der Waals surface area contributed by atoms with Gasteiger partial charge < -0.3 is 5.32 Å². The maximum atomic E-state index is 12.3. The molecule has 6 nitrogen and oxygen atoms in total. The fraction of sp³-hybridized carbons (Fsp3) is 0.750. The Morgan fingerprint density at radius 2 is 1.95 bits per heavy atom. The molecule has 1 rings (SSSR count). The van der Waals surface area contributed by atoms with Crippen molar-refractivity contribution in [3.05, 3.63) is 11.4 Å². The zero-order valence-corrected chi connectivity index (χ0v) is 13.1. The summed E-state index contributed by atoms with van der Waals surface area (Å²) in [6, 6.07) is 0. The molecule has 0 aliphatic rings. The summed E-state index contributed by atoms with van der Waals surface area (Å²) in [5, 5.41) is 9.67. The first-order valence-corrected chi connectivity index (χ1v) is 7.96. The quantitative estimate of drug-likeness (QED) is 0.699. The van der Waals surface area contributed by atoms with E-state index in [1.807, 2.05) is 6.92 Å². The van der Waals surface area contributed by atoms with Crippen molar-refractivity contribution in [2.24, 2.45) is 11.8 Å². The summed E-state index contributed by atoms with van der Waals surface area (Å²) in [7, 11) is -1.75. The molecule has 0 saturated heterocycles. The molecule has 1 atom stereocenters. The molecule has 0 aliphatic carbocycles. The predicted molar refractivity (Wildman–Crippen MR) is 75.3 cm³/mol. The average molecular weight is 288 g/mol. The molecule has 0 fully saturated rings. The molecule has 19 heavy (non-hydrogen) atoms. The van der Waals surface area contributed by atoms with E-state index in [0.717, 1.165) is 0 Å². The smallest absolute Gasteiger partial charge is 0.244 e. The van der Waals surface area contributed by atoms with E-state index in [4.69, 9.17) is 0 Å². The number of nitrogens with one attached hydrogen (secondary N) is 3. The van der Waals surface area contributed by atoms with Crippen LogP contribution in [-0.4, -0.2) is 32.2 Å². The lowest BCUT2D eigenvalue weighted by Gasteiger charge is -2.16. The Morgan fingerprint density at radius 3 is 2.47 bits per heavy atom. The topological polar surface area (TPSA) is 86.9 Å². The van der Waals surface area contributed by atoms with Gasteiger partial charge in [0, 0.05) is 13.1 Å². The van der Waals surface area contributed by atoms with E-state index in [1.165, 1.54) is 0 Å². The third-order valence-corrected chi connectivity index (χ3v) is 4.93. The van der Waals surface area contributed by atoms with Crippen molar-refractivity contribution in [1.29, 1.82) is 0 Å². The van der Waals surface area contributed by atoms with Crippen LogP contribution in [-0.2, 0) is 16.6 Å². The second kappa shape index (κ2) is 6.49. The van der Waals surface area contributed by atoms with Crippen LogP contribution in [0.1, 0.15) is 32.2 Å². The molecular formula is C12H24N4O2S. The molecule has 0 aliphatic heterocycles. The van der Waals surface area contributed by atoms with Gasteiger partial charge in [-0.15, -0.1) is 0 Å². The minimum absolute atomic E-state index is 0.262. The van der Waals surface area contributed by atoms with Crippen LogP contribution in [0.2, 0.25) is 0 Å². The monoisotopic (exact) mass is 288 g/mol. The van der Waals surface area contributed by atoms with Gasteiger partial charge >= 0.3 is 0 Å². The summed E-state index contributed by atoms with van der Waals surface area (Å²) in [5.74, 6) is 0.722. The fourth-order valence-corrected chi connectivity index (χ4v) is 3.17. The number of aromatic amines is 1. The van der Waals surface area contributed by atoms with Crippen LogP contribution in [0.25, 0.3) is 0 Å². The van der Waals surface area contributed by atoms with Gasteiger partial charge in [-0.3, -0.25) is 5.10 Å². The zero-order chi connectivity index (χ0) is 14.6. The van der Waals surface area contributed by atoms with Crippen LogP contribution >= 0.6 is 0 Å². The maximum absolute atomic E-state index is 12.3. The third-order valence-electron chi connectivity index (χ3n) is 3.31. The number of nitrogens with zero attached hydrogens (tertiary/aromatic N) is 1. The Morgan fingerprint density at radius 1 is 1.32 bits per heavy atom. The summed E-state index contributed by atoms with van der Waals surface area (Å²) in [5.41, 5.74) is 1.08. The third kappa shape index (κ3) is 4.02. The Balaban J connectivity index is 2.91. The minimum Gasteiger partial charge on any atom is -0.314 e. The van der Waals surface area contributed by atoms with E-state index in [9.17, 15) is 8.42 Å². The van der Waals surface area contributed by atoms with Crippen molar-refractivity contribution >= 4 is 10.0 Å². The fourth-order valence-electron chi connectivity index (χ4n) is 1.66. The summed E-state index contributed by atoms with van der Waals surface area (Å²) >= 11 is 0. The van der Waals surface area contributed by atoms with E-state index < -0.39 is 10.0 Å². The van der Waals surface area contributed by atoms with Gasteiger partial charge in [-0.1, -0.05) is 20.8 Å². The number of H-pyrrole nitrogens is 1. The van der Waals surface area contributed by atoms with Crippen LogP contribution < -0.4 is 10.0 Å². The molecule has 0 bridgehead atoms. The normalized spacial score (nSPS) is 14.0. The van der Waals surface area contributed by atoms with Crippen molar-refractivity contribution in [2.45, 2.75) is 39.1 Å². The lowest BCUT2D eigenvalue weighted by atomic mass is 9.99. The standard InChI is InChI=1S/C12H24N4O2S/c1-8(2)9(3)6-14-19(17,18)12-10(4)15-16-11(12)7-13-5/h8-9,13-14H,6-7H2,1-5H3,(H,15,16). The number of sulfonamides is 1. The summed E-state index contributed by atoms with van der Waals surface area (Å²) in [4.78, 5) is 0.262. The van der Waals surface area contributed by atoms with E-state index in [2.05, 4.69) is 34.1 Å². The van der Waals surface area contributed by atoms with E-state index in [-0.39, 0.29) is 10.8 Å². The zero-order valence-electron chi connectivity index (χ0n) is 12.2. The molecule has 7 heteroatoms. The van der Waals surface area contributed by atoms with Crippen LogP contribution in [0.15, 0.2) is 4.90 Å². The first-order chi connectivity index (χ1) is 8.79. The molecule has 1 aromatic rings. The van der Waals surface area contributed by atoms with Gasteiger partial charge in [0.2, 0.25) is 10.0 Å². The second-order valence-corrected chi connectivity index (χ2v) is 6.93. The van der Waals surface area contributed by atoms with E-state index in [1.54, 1.807) is 14.0 Å². The SMILES string of the molecule is CNCc1n[nH]c(C)c1S(=O)(=O)NCC(C)C(C)C. The molecule has 0 saturated carbocycles. The summed E-state index contributed by atoms with van der Waals surface area (Å²) in [6.07, 6.45) is 0. The number of aromatic nitrogens is 2. The number of hydrogen-bond acceptors (Lipinski definition) is 4. The second-order valence-electron chi connectivity index (χ2n) is 5.23. The first-order valence-electron chi connectivity index (χ1n) is 6.47. The van der Waals surface area contributed by atoms with Gasteiger partial charge in [-0.25, -0.2) is 13.1 Å². The molecule has 0 spiro atoms. The predicted octanol–water partition coefficient (Wildman–Crippen LogP) is 1.01. The van der Waals surface area contributed by atoms with Crippen LogP contribution in [0, 0.1) is 18.8 Å². The molecule has 1 aromatic heterocycles. The molecule has 0 aromatic carbocycles. The Bertz CT molecular complexity index is 508. The van der Waals surface area contributed by atoms with Gasteiger partial charge in [0.25, 0.3) is 0 Å². The van der Waals surface area contributed by atoms with Crippen LogP contribution in [0.4, 0.5) is 0 Å². The molecule has 3 N–H and O–H groups in total. The lowest BCUT2D eigenvalue weighted by molar-refractivity contribution is 0.414. The number of rotatable bonds is 7. The maximum Gasteiger partial charge on any atom is 0.244 e. The van der Waals surface area contributed by atoms with Gasteiger partial charge in [0.15, 0.2) is 0 Å². The van der Waals surface area contributed by atoms with Crippen LogP contribution in [0.3, 0.4) is 0 Å². The first kappa shape index (κ1) is 16.1. The van der Waals surface area contributed by atoms with Crippen molar-refractivity contribution in [1.82, 2.24) is 20.2 Å². The Kier molecular flexibility index (Phi) is 5.51. The van der Waals surface area contributed by atoms with Gasteiger partial charge in [-0.2, -0.15) is 5.10 Å². The molecule has 110 valence electrons. The lowest BCUT2D eigenvalue weighted by Crippen LogP contribution is -2.31. The highest BCUT2D eigenvalue weighted by Gasteiger charge is 2.24. The highest BCUT2D eigenvalue weighted by molar-refractivity contribution is 7.89. The number of aryl methyl sites for hydroxylation is 1. The van der Waals surface area contributed by atoms with Crippen molar-refractivity contribution in [3.63, 3.8) is 0 Å². The Hall–Kier alpha value is -0.920. The van der Waals surface area contributed by atoms with E-state index >= 15 is 0 Å². The highest BCUT2D eigenvalue weighted by Crippen LogP contribution is 2.18. The minimum atomic E-state index is -3.51. The van der Waals surface area contributed by atoms with Crippen molar-refractivity contribution in [2.75, 3.05) is 13.6 Å². The molecule has 1 heterocycles. The summed E-state index contributed by atoms with van der Waals surface area (Å²) < 4.78 is 27.3. The van der Waals surface area contributed by atoms with Gasteiger partial charge in [-0.05, 0) is 25.8 Å². The largest absolute Gasteiger partial charge is 0.314 e.